The van der Waals surface area contributed by atoms with Crippen LogP contribution in [0.15, 0.2) is 24.3 Å². The van der Waals surface area contributed by atoms with Crippen LogP contribution in [0.5, 0.6) is 5.75 Å². The Balaban J connectivity index is 2.12. The van der Waals surface area contributed by atoms with Crippen molar-refractivity contribution in [3.63, 3.8) is 0 Å². The summed E-state index contributed by atoms with van der Waals surface area (Å²) in [4.78, 5) is 0. The first kappa shape index (κ1) is 13.0. The average Bonchev–Trinajstić information content (AvgIpc) is 2.28. The summed E-state index contributed by atoms with van der Waals surface area (Å²) in [7, 11) is 0. The molecule has 0 saturated heterocycles. The van der Waals surface area contributed by atoms with Crippen molar-refractivity contribution in [2.45, 2.75) is 27.2 Å². The molecule has 0 heterocycles. The van der Waals surface area contributed by atoms with Gasteiger partial charge in [0.2, 0.25) is 0 Å². The summed E-state index contributed by atoms with van der Waals surface area (Å²) in [5, 5.41) is 3.40. The minimum atomic E-state index is 0.736. The van der Waals surface area contributed by atoms with Gasteiger partial charge in [-0.15, -0.1) is 0 Å². The maximum absolute atomic E-state index is 5.64. The highest BCUT2D eigenvalue weighted by Crippen LogP contribution is 2.11. The number of rotatable bonds is 7. The normalized spacial score (nSPS) is 12.4. The second-order valence-electron chi connectivity index (χ2n) is 4.38. The molecule has 1 N–H and O–H groups in total. The molecule has 90 valence electrons. The van der Waals surface area contributed by atoms with Crippen LogP contribution in [-0.2, 0) is 0 Å². The van der Waals surface area contributed by atoms with Crippen LogP contribution in [0, 0.1) is 12.8 Å². The van der Waals surface area contributed by atoms with E-state index in [1.54, 1.807) is 0 Å². The Labute approximate surface area is 99.0 Å². The topological polar surface area (TPSA) is 21.3 Å². The summed E-state index contributed by atoms with van der Waals surface area (Å²) >= 11 is 0. The predicted molar refractivity (Wildman–Crippen MR) is 69.0 cm³/mol. The number of benzene rings is 1. The summed E-state index contributed by atoms with van der Waals surface area (Å²) in [6.07, 6.45) is 1.23. The minimum Gasteiger partial charge on any atom is -0.492 e. The molecule has 0 aliphatic rings. The lowest BCUT2D eigenvalue weighted by molar-refractivity contribution is 0.309. The van der Waals surface area contributed by atoms with E-state index in [1.807, 2.05) is 12.1 Å². The van der Waals surface area contributed by atoms with Gasteiger partial charge in [-0.25, -0.2) is 0 Å². The van der Waals surface area contributed by atoms with Gasteiger partial charge in [-0.1, -0.05) is 32.4 Å². The fourth-order valence-electron chi connectivity index (χ4n) is 1.44. The first-order valence-corrected chi connectivity index (χ1v) is 6.12. The minimum absolute atomic E-state index is 0.736. The summed E-state index contributed by atoms with van der Waals surface area (Å²) in [6.45, 7) is 9.28. The molecule has 2 nitrogen and oxygen atoms in total. The lowest BCUT2D eigenvalue weighted by Crippen LogP contribution is -2.25. The zero-order chi connectivity index (χ0) is 11.8. The van der Waals surface area contributed by atoms with E-state index in [1.165, 1.54) is 12.0 Å². The van der Waals surface area contributed by atoms with E-state index in [4.69, 9.17) is 4.74 Å². The highest BCUT2D eigenvalue weighted by molar-refractivity contribution is 5.27. The van der Waals surface area contributed by atoms with Crippen LogP contribution < -0.4 is 10.1 Å². The maximum Gasteiger partial charge on any atom is 0.119 e. The zero-order valence-corrected chi connectivity index (χ0v) is 10.6. The molecule has 1 atom stereocenters. The van der Waals surface area contributed by atoms with Crippen molar-refractivity contribution in [2.75, 3.05) is 19.7 Å². The number of hydrogen-bond donors (Lipinski definition) is 1. The van der Waals surface area contributed by atoms with Gasteiger partial charge >= 0.3 is 0 Å². The Morgan fingerprint density at radius 1 is 1.38 bits per heavy atom. The number of nitrogens with one attached hydrogen (secondary N) is 1. The molecule has 0 radical (unpaired) electrons. The zero-order valence-electron chi connectivity index (χ0n) is 10.6. The molecule has 0 aliphatic heterocycles. The van der Waals surface area contributed by atoms with Crippen molar-refractivity contribution in [3.8, 4) is 5.75 Å². The van der Waals surface area contributed by atoms with E-state index >= 15 is 0 Å². The lowest BCUT2D eigenvalue weighted by Gasteiger charge is -2.11. The lowest BCUT2D eigenvalue weighted by atomic mass is 10.1. The van der Waals surface area contributed by atoms with Crippen LogP contribution in [-0.4, -0.2) is 19.7 Å². The Kier molecular flexibility index (Phi) is 5.94. The molecule has 0 spiro atoms. The van der Waals surface area contributed by atoms with E-state index < -0.39 is 0 Å². The van der Waals surface area contributed by atoms with Gasteiger partial charge in [-0.05, 0) is 37.1 Å². The van der Waals surface area contributed by atoms with Crippen LogP contribution in [0.1, 0.15) is 25.8 Å². The van der Waals surface area contributed by atoms with E-state index in [0.29, 0.717) is 0 Å². The third-order valence-corrected chi connectivity index (χ3v) is 2.73. The molecular weight excluding hydrogens is 198 g/mol. The Morgan fingerprint density at radius 2 is 2.19 bits per heavy atom. The highest BCUT2D eigenvalue weighted by atomic mass is 16.5. The highest BCUT2D eigenvalue weighted by Gasteiger charge is 1.97. The molecule has 1 rings (SSSR count). The molecule has 1 aromatic carbocycles. The fourth-order valence-corrected chi connectivity index (χ4v) is 1.44. The smallest absolute Gasteiger partial charge is 0.119 e. The number of hydrogen-bond acceptors (Lipinski definition) is 2. The van der Waals surface area contributed by atoms with Gasteiger partial charge in [0.1, 0.15) is 12.4 Å². The molecule has 2 heteroatoms. The van der Waals surface area contributed by atoms with Crippen LogP contribution in [0.2, 0.25) is 0 Å². The van der Waals surface area contributed by atoms with Gasteiger partial charge in [-0.2, -0.15) is 0 Å². The maximum atomic E-state index is 5.64. The third kappa shape index (κ3) is 5.17. The van der Waals surface area contributed by atoms with Gasteiger partial charge in [-0.3, -0.25) is 0 Å². The molecule has 0 fully saturated rings. The Bertz CT molecular complexity index is 299. The van der Waals surface area contributed by atoms with Crippen LogP contribution in [0.3, 0.4) is 0 Å². The van der Waals surface area contributed by atoms with E-state index in [2.05, 4.69) is 38.2 Å². The van der Waals surface area contributed by atoms with Crippen LogP contribution >= 0.6 is 0 Å². The molecule has 1 unspecified atom stereocenters. The van der Waals surface area contributed by atoms with E-state index in [9.17, 15) is 0 Å². The molecule has 0 aliphatic carbocycles. The third-order valence-electron chi connectivity index (χ3n) is 2.73. The fraction of sp³-hybridized carbons (Fsp3) is 0.571. The van der Waals surface area contributed by atoms with Crippen molar-refractivity contribution in [1.82, 2.24) is 5.32 Å². The first-order valence-electron chi connectivity index (χ1n) is 6.12. The first-order chi connectivity index (χ1) is 7.72. The summed E-state index contributed by atoms with van der Waals surface area (Å²) < 4.78 is 5.64. The monoisotopic (exact) mass is 221 g/mol. The van der Waals surface area contributed by atoms with Crippen molar-refractivity contribution in [3.05, 3.63) is 29.8 Å². The number of ether oxygens (including phenoxy) is 1. The van der Waals surface area contributed by atoms with Gasteiger partial charge in [0.25, 0.3) is 0 Å². The van der Waals surface area contributed by atoms with Crippen molar-refractivity contribution >= 4 is 0 Å². The van der Waals surface area contributed by atoms with Crippen molar-refractivity contribution in [1.29, 1.82) is 0 Å². The SMILES string of the molecule is CCC(C)CNCCOc1cccc(C)c1. The molecule has 16 heavy (non-hydrogen) atoms. The quantitative estimate of drug-likeness (QED) is 0.715. The number of aryl methyl sites for hydroxylation is 1. The molecular formula is C14H23NO. The molecule has 0 amide bonds. The molecule has 0 saturated carbocycles. The molecule has 0 bridgehead atoms. The van der Waals surface area contributed by atoms with Crippen molar-refractivity contribution < 1.29 is 4.74 Å². The summed E-state index contributed by atoms with van der Waals surface area (Å²) in [6, 6.07) is 8.17. The predicted octanol–water partition coefficient (Wildman–Crippen LogP) is 3.01. The molecule has 1 aromatic rings. The van der Waals surface area contributed by atoms with Crippen molar-refractivity contribution in [2.24, 2.45) is 5.92 Å². The van der Waals surface area contributed by atoms with Gasteiger partial charge < -0.3 is 10.1 Å². The standard InChI is InChI=1S/C14H23NO/c1-4-12(2)11-15-8-9-16-14-7-5-6-13(3)10-14/h5-7,10,12,15H,4,8-9,11H2,1-3H3. The summed E-state index contributed by atoms with van der Waals surface area (Å²) in [5.41, 5.74) is 1.24. The average molecular weight is 221 g/mol. The Hall–Kier alpha value is -1.02. The van der Waals surface area contributed by atoms with Gasteiger partial charge in [0, 0.05) is 6.54 Å². The second-order valence-corrected chi connectivity index (χ2v) is 4.38. The van der Waals surface area contributed by atoms with Crippen LogP contribution in [0.25, 0.3) is 0 Å². The van der Waals surface area contributed by atoms with Crippen LogP contribution in [0.4, 0.5) is 0 Å². The van der Waals surface area contributed by atoms with Gasteiger partial charge in [0.05, 0.1) is 0 Å². The second kappa shape index (κ2) is 7.29. The molecule has 0 aromatic heterocycles. The largest absolute Gasteiger partial charge is 0.492 e. The van der Waals surface area contributed by atoms with Gasteiger partial charge in [0.15, 0.2) is 0 Å². The summed E-state index contributed by atoms with van der Waals surface area (Å²) in [5.74, 6) is 1.71. The van der Waals surface area contributed by atoms with E-state index in [-0.39, 0.29) is 0 Å². The van der Waals surface area contributed by atoms with E-state index in [0.717, 1.165) is 31.4 Å². The Morgan fingerprint density at radius 3 is 2.88 bits per heavy atom.